The fourth-order valence-electron chi connectivity index (χ4n) is 1.77. The number of carbonyl (C=O) groups excluding carboxylic acids is 2. The summed E-state index contributed by atoms with van der Waals surface area (Å²) in [7, 11) is 1.57. The van der Waals surface area contributed by atoms with E-state index in [2.05, 4.69) is 22.9 Å². The van der Waals surface area contributed by atoms with Gasteiger partial charge in [-0.2, -0.15) is 0 Å². The Bertz CT molecular complexity index is 517. The molecule has 0 saturated carbocycles. The van der Waals surface area contributed by atoms with Crippen LogP contribution in [0.4, 0.5) is 5.69 Å². The SMILES string of the molecule is CCCCCC(=O)NC(=S)Nc1cccc(C(=O)NC)c1. The Morgan fingerprint density at radius 3 is 2.67 bits per heavy atom. The molecule has 0 saturated heterocycles. The monoisotopic (exact) mass is 307 g/mol. The van der Waals surface area contributed by atoms with Gasteiger partial charge in [-0.15, -0.1) is 0 Å². The molecule has 0 aromatic heterocycles. The van der Waals surface area contributed by atoms with E-state index in [-0.39, 0.29) is 16.9 Å². The fraction of sp³-hybridized carbons (Fsp3) is 0.400. The molecule has 0 aliphatic heterocycles. The lowest BCUT2D eigenvalue weighted by atomic mass is 10.2. The third kappa shape index (κ3) is 6.35. The normalized spacial score (nSPS) is 9.81. The van der Waals surface area contributed by atoms with Gasteiger partial charge in [0.1, 0.15) is 0 Å². The lowest BCUT2D eigenvalue weighted by Gasteiger charge is -2.10. The molecule has 0 radical (unpaired) electrons. The van der Waals surface area contributed by atoms with Crippen molar-refractivity contribution >= 4 is 34.8 Å². The van der Waals surface area contributed by atoms with Crippen molar-refractivity contribution in [3.05, 3.63) is 29.8 Å². The zero-order chi connectivity index (χ0) is 15.7. The van der Waals surface area contributed by atoms with E-state index in [4.69, 9.17) is 12.2 Å². The first-order valence-corrected chi connectivity index (χ1v) is 7.40. The maximum absolute atomic E-state index is 11.6. The Kier molecular flexibility index (Phi) is 7.39. The summed E-state index contributed by atoms with van der Waals surface area (Å²) in [6, 6.07) is 6.91. The van der Waals surface area contributed by atoms with Crippen LogP contribution in [0.5, 0.6) is 0 Å². The van der Waals surface area contributed by atoms with Crippen molar-refractivity contribution in [2.75, 3.05) is 12.4 Å². The van der Waals surface area contributed by atoms with Gasteiger partial charge in [0.15, 0.2) is 5.11 Å². The van der Waals surface area contributed by atoms with Crippen molar-refractivity contribution in [2.24, 2.45) is 0 Å². The van der Waals surface area contributed by atoms with Crippen LogP contribution in [0.25, 0.3) is 0 Å². The smallest absolute Gasteiger partial charge is 0.251 e. The summed E-state index contributed by atoms with van der Waals surface area (Å²) in [6.45, 7) is 2.09. The molecule has 0 unspecified atom stereocenters. The van der Waals surface area contributed by atoms with Crippen molar-refractivity contribution in [1.29, 1.82) is 0 Å². The van der Waals surface area contributed by atoms with Gasteiger partial charge in [0.2, 0.25) is 5.91 Å². The topological polar surface area (TPSA) is 70.2 Å². The van der Waals surface area contributed by atoms with Crippen molar-refractivity contribution in [1.82, 2.24) is 10.6 Å². The Balaban J connectivity index is 2.51. The van der Waals surface area contributed by atoms with Crippen LogP contribution in [-0.4, -0.2) is 24.0 Å². The van der Waals surface area contributed by atoms with E-state index in [0.29, 0.717) is 17.7 Å². The van der Waals surface area contributed by atoms with E-state index < -0.39 is 0 Å². The highest BCUT2D eigenvalue weighted by Gasteiger charge is 2.07. The van der Waals surface area contributed by atoms with Crippen molar-refractivity contribution in [3.63, 3.8) is 0 Å². The molecule has 0 fully saturated rings. The molecule has 3 N–H and O–H groups in total. The van der Waals surface area contributed by atoms with Gasteiger partial charge >= 0.3 is 0 Å². The Morgan fingerprint density at radius 1 is 1.24 bits per heavy atom. The first-order valence-electron chi connectivity index (χ1n) is 6.99. The molecule has 0 aliphatic carbocycles. The van der Waals surface area contributed by atoms with Crippen LogP contribution in [0.15, 0.2) is 24.3 Å². The Morgan fingerprint density at radius 2 is 2.00 bits per heavy atom. The van der Waals surface area contributed by atoms with Gasteiger partial charge in [-0.3, -0.25) is 9.59 Å². The molecule has 21 heavy (non-hydrogen) atoms. The summed E-state index contributed by atoms with van der Waals surface area (Å²) >= 11 is 5.08. The maximum Gasteiger partial charge on any atom is 0.251 e. The molecule has 0 heterocycles. The second-order valence-electron chi connectivity index (χ2n) is 4.62. The molecule has 5 nitrogen and oxygen atoms in total. The number of nitrogens with one attached hydrogen (secondary N) is 3. The average molecular weight is 307 g/mol. The van der Waals surface area contributed by atoms with E-state index >= 15 is 0 Å². The molecular formula is C15H21N3O2S. The predicted octanol–water partition coefficient (Wildman–Crippen LogP) is 2.44. The van der Waals surface area contributed by atoms with E-state index in [1.54, 1.807) is 31.3 Å². The molecule has 0 atom stereocenters. The molecule has 0 aliphatic rings. The molecule has 1 aromatic rings. The number of rotatable bonds is 6. The van der Waals surface area contributed by atoms with Crippen LogP contribution in [0, 0.1) is 0 Å². The molecule has 1 aromatic carbocycles. The molecule has 2 amide bonds. The molecular weight excluding hydrogens is 286 g/mol. The number of unbranched alkanes of at least 4 members (excludes halogenated alkanes) is 2. The van der Waals surface area contributed by atoms with E-state index in [1.165, 1.54) is 0 Å². The number of benzene rings is 1. The maximum atomic E-state index is 11.6. The molecule has 0 spiro atoms. The highest BCUT2D eigenvalue weighted by atomic mass is 32.1. The minimum Gasteiger partial charge on any atom is -0.355 e. The zero-order valence-electron chi connectivity index (χ0n) is 12.4. The Hall–Kier alpha value is -1.95. The lowest BCUT2D eigenvalue weighted by Crippen LogP contribution is -2.34. The number of hydrogen-bond donors (Lipinski definition) is 3. The summed E-state index contributed by atoms with van der Waals surface area (Å²) in [6.07, 6.45) is 3.43. The second kappa shape index (κ2) is 9.07. The number of anilines is 1. The third-order valence-electron chi connectivity index (χ3n) is 2.87. The Labute approximate surface area is 130 Å². The second-order valence-corrected chi connectivity index (χ2v) is 5.03. The van der Waals surface area contributed by atoms with E-state index in [9.17, 15) is 9.59 Å². The number of carbonyl (C=O) groups is 2. The number of amides is 2. The van der Waals surface area contributed by atoms with Crippen LogP contribution in [0.3, 0.4) is 0 Å². The third-order valence-corrected chi connectivity index (χ3v) is 3.07. The summed E-state index contributed by atoms with van der Waals surface area (Å²) < 4.78 is 0. The summed E-state index contributed by atoms with van der Waals surface area (Å²) in [5.41, 5.74) is 1.19. The van der Waals surface area contributed by atoms with Crippen LogP contribution >= 0.6 is 12.2 Å². The standard InChI is InChI=1S/C15H21N3O2S/c1-3-4-5-9-13(19)18-15(21)17-12-8-6-7-11(10-12)14(20)16-2/h6-8,10H,3-5,9H2,1-2H3,(H,16,20)(H2,17,18,19,21). The highest BCUT2D eigenvalue weighted by Crippen LogP contribution is 2.10. The lowest BCUT2D eigenvalue weighted by molar-refractivity contribution is -0.119. The molecule has 114 valence electrons. The summed E-state index contributed by atoms with van der Waals surface area (Å²) in [5.74, 6) is -0.267. The molecule has 0 bridgehead atoms. The number of thiocarbonyl (C=S) groups is 1. The van der Waals surface area contributed by atoms with Gasteiger partial charge in [0.25, 0.3) is 5.91 Å². The van der Waals surface area contributed by atoms with Gasteiger partial charge in [0.05, 0.1) is 0 Å². The highest BCUT2D eigenvalue weighted by molar-refractivity contribution is 7.80. The van der Waals surface area contributed by atoms with Crippen LogP contribution in [-0.2, 0) is 4.79 Å². The van der Waals surface area contributed by atoms with Crippen molar-refractivity contribution in [3.8, 4) is 0 Å². The van der Waals surface area contributed by atoms with E-state index in [1.807, 2.05) is 0 Å². The quantitative estimate of drug-likeness (QED) is 0.558. The van der Waals surface area contributed by atoms with Crippen LogP contribution < -0.4 is 16.0 Å². The van der Waals surface area contributed by atoms with Crippen LogP contribution in [0.1, 0.15) is 43.0 Å². The fourth-order valence-corrected chi connectivity index (χ4v) is 2.00. The predicted molar refractivity (Wildman–Crippen MR) is 88.3 cm³/mol. The zero-order valence-corrected chi connectivity index (χ0v) is 13.2. The number of hydrogen-bond acceptors (Lipinski definition) is 3. The van der Waals surface area contributed by atoms with E-state index in [0.717, 1.165) is 19.3 Å². The van der Waals surface area contributed by atoms with Crippen molar-refractivity contribution in [2.45, 2.75) is 32.6 Å². The van der Waals surface area contributed by atoms with Crippen LogP contribution in [0.2, 0.25) is 0 Å². The van der Waals surface area contributed by atoms with Gasteiger partial charge < -0.3 is 16.0 Å². The van der Waals surface area contributed by atoms with Gasteiger partial charge in [0, 0.05) is 24.7 Å². The van der Waals surface area contributed by atoms with Gasteiger partial charge in [-0.1, -0.05) is 25.8 Å². The van der Waals surface area contributed by atoms with Crippen molar-refractivity contribution < 1.29 is 9.59 Å². The first kappa shape index (κ1) is 17.1. The average Bonchev–Trinajstić information content (AvgIpc) is 2.46. The van der Waals surface area contributed by atoms with Gasteiger partial charge in [-0.05, 0) is 36.8 Å². The largest absolute Gasteiger partial charge is 0.355 e. The minimum absolute atomic E-state index is 0.0941. The summed E-state index contributed by atoms with van der Waals surface area (Å²) in [4.78, 5) is 23.2. The summed E-state index contributed by atoms with van der Waals surface area (Å²) in [5, 5.41) is 8.33. The van der Waals surface area contributed by atoms with Gasteiger partial charge in [-0.25, -0.2) is 0 Å². The molecule has 6 heteroatoms. The molecule has 1 rings (SSSR count). The first-order chi connectivity index (χ1) is 10.1. The minimum atomic E-state index is -0.173.